The Hall–Kier alpha value is -1.94. The lowest BCUT2D eigenvalue weighted by atomic mass is 10.1. The lowest BCUT2D eigenvalue weighted by Gasteiger charge is -2.08. The summed E-state index contributed by atoms with van der Waals surface area (Å²) in [5.41, 5.74) is 3.15. The molecule has 0 saturated heterocycles. The molecule has 0 saturated carbocycles. The average Bonchev–Trinajstić information content (AvgIpc) is 2.44. The Morgan fingerprint density at radius 2 is 1.71 bits per heavy atom. The fraction of sp³-hybridized carbons (Fsp3) is 0.235. The minimum absolute atomic E-state index is 0.000757. The van der Waals surface area contributed by atoms with Crippen molar-refractivity contribution in [3.8, 4) is 5.75 Å². The van der Waals surface area contributed by atoms with Crippen molar-refractivity contribution in [3.05, 3.63) is 53.6 Å². The Kier molecular flexibility index (Phi) is 5.28. The van der Waals surface area contributed by atoms with Crippen LogP contribution in [0, 0.1) is 13.8 Å². The fourth-order valence-corrected chi connectivity index (χ4v) is 2.76. The van der Waals surface area contributed by atoms with Gasteiger partial charge in [0.15, 0.2) is 0 Å². The molecule has 2 rings (SSSR count). The molecule has 1 N–H and O–H groups in total. The van der Waals surface area contributed by atoms with E-state index in [9.17, 15) is 4.79 Å². The predicted molar refractivity (Wildman–Crippen MR) is 88.3 cm³/mol. The molecule has 110 valence electrons. The van der Waals surface area contributed by atoms with Gasteiger partial charge in [0.2, 0.25) is 5.91 Å². The zero-order chi connectivity index (χ0) is 15.2. The zero-order valence-corrected chi connectivity index (χ0v) is 13.3. The molecule has 0 aliphatic heterocycles. The number of nitrogens with one attached hydrogen (secondary N) is 1. The van der Waals surface area contributed by atoms with E-state index in [1.54, 1.807) is 7.11 Å². The van der Waals surface area contributed by atoms with Gasteiger partial charge in [0.1, 0.15) is 5.75 Å². The fourth-order valence-electron chi connectivity index (χ4n) is 2.06. The highest BCUT2D eigenvalue weighted by Crippen LogP contribution is 2.21. The number of carbonyl (C=O) groups excluding carboxylic acids is 1. The van der Waals surface area contributed by atoms with E-state index in [0.29, 0.717) is 5.75 Å². The molecule has 0 aromatic heterocycles. The maximum absolute atomic E-state index is 12.0. The quantitative estimate of drug-likeness (QED) is 0.847. The van der Waals surface area contributed by atoms with Gasteiger partial charge in [-0.3, -0.25) is 4.79 Å². The van der Waals surface area contributed by atoms with Crippen LogP contribution in [0.15, 0.2) is 47.4 Å². The summed E-state index contributed by atoms with van der Waals surface area (Å²) in [6.07, 6.45) is 0. The number of carbonyl (C=O) groups is 1. The largest absolute Gasteiger partial charge is 0.497 e. The summed E-state index contributed by atoms with van der Waals surface area (Å²) in [4.78, 5) is 13.0. The molecule has 3 nitrogen and oxygen atoms in total. The molecule has 0 unspecified atom stereocenters. The van der Waals surface area contributed by atoms with Crippen LogP contribution in [0.25, 0.3) is 0 Å². The zero-order valence-electron chi connectivity index (χ0n) is 12.5. The summed E-state index contributed by atoms with van der Waals surface area (Å²) in [6, 6.07) is 13.7. The van der Waals surface area contributed by atoms with E-state index in [0.717, 1.165) is 27.5 Å². The second-order valence-electron chi connectivity index (χ2n) is 4.89. The third kappa shape index (κ3) is 4.83. The van der Waals surface area contributed by atoms with Gasteiger partial charge in [-0.05, 0) is 61.4 Å². The SMILES string of the molecule is COc1ccc(SCC(=O)Nc2cc(C)cc(C)c2)cc1. The molecule has 0 radical (unpaired) electrons. The van der Waals surface area contributed by atoms with Crippen molar-refractivity contribution in [1.82, 2.24) is 0 Å². The van der Waals surface area contributed by atoms with E-state index in [1.807, 2.05) is 50.2 Å². The van der Waals surface area contributed by atoms with Crippen molar-refractivity contribution in [3.63, 3.8) is 0 Å². The van der Waals surface area contributed by atoms with Gasteiger partial charge in [-0.1, -0.05) is 6.07 Å². The monoisotopic (exact) mass is 301 g/mol. The summed E-state index contributed by atoms with van der Waals surface area (Å²) in [5, 5.41) is 2.93. The predicted octanol–water partition coefficient (Wildman–Crippen LogP) is 4.04. The first kappa shape index (κ1) is 15.4. The number of hydrogen-bond donors (Lipinski definition) is 1. The number of benzene rings is 2. The topological polar surface area (TPSA) is 38.3 Å². The number of thioether (sulfide) groups is 1. The number of methoxy groups -OCH3 is 1. The van der Waals surface area contributed by atoms with Crippen molar-refractivity contribution in [2.75, 3.05) is 18.2 Å². The van der Waals surface area contributed by atoms with Crippen molar-refractivity contribution in [2.45, 2.75) is 18.7 Å². The van der Waals surface area contributed by atoms with Crippen LogP contribution in [0.5, 0.6) is 5.75 Å². The van der Waals surface area contributed by atoms with Crippen LogP contribution in [0.3, 0.4) is 0 Å². The lowest BCUT2D eigenvalue weighted by Crippen LogP contribution is -2.14. The van der Waals surface area contributed by atoms with E-state index in [4.69, 9.17) is 4.74 Å². The normalized spacial score (nSPS) is 10.2. The van der Waals surface area contributed by atoms with Gasteiger partial charge >= 0.3 is 0 Å². The highest BCUT2D eigenvalue weighted by Gasteiger charge is 2.05. The average molecular weight is 301 g/mol. The Morgan fingerprint density at radius 3 is 2.29 bits per heavy atom. The van der Waals surface area contributed by atoms with Crippen LogP contribution < -0.4 is 10.1 Å². The lowest BCUT2D eigenvalue weighted by molar-refractivity contribution is -0.113. The molecule has 0 spiro atoms. The molecule has 0 aliphatic carbocycles. The second kappa shape index (κ2) is 7.18. The smallest absolute Gasteiger partial charge is 0.234 e. The van der Waals surface area contributed by atoms with Crippen LogP contribution >= 0.6 is 11.8 Å². The second-order valence-corrected chi connectivity index (χ2v) is 5.94. The minimum atomic E-state index is 0.000757. The van der Waals surface area contributed by atoms with E-state index >= 15 is 0 Å². The highest BCUT2D eigenvalue weighted by molar-refractivity contribution is 8.00. The van der Waals surface area contributed by atoms with Gasteiger partial charge in [0.05, 0.1) is 12.9 Å². The molecule has 0 fully saturated rings. The number of aryl methyl sites for hydroxylation is 2. The third-order valence-electron chi connectivity index (χ3n) is 2.93. The summed E-state index contributed by atoms with van der Waals surface area (Å²) in [7, 11) is 1.64. The van der Waals surface area contributed by atoms with Crippen LogP contribution in [-0.2, 0) is 4.79 Å². The highest BCUT2D eigenvalue weighted by atomic mass is 32.2. The van der Waals surface area contributed by atoms with Crippen LogP contribution in [0.4, 0.5) is 5.69 Å². The number of rotatable bonds is 5. The molecule has 0 aliphatic rings. The number of amides is 1. The number of anilines is 1. The van der Waals surface area contributed by atoms with Crippen molar-refractivity contribution in [2.24, 2.45) is 0 Å². The Morgan fingerprint density at radius 1 is 1.10 bits per heavy atom. The van der Waals surface area contributed by atoms with Crippen molar-refractivity contribution < 1.29 is 9.53 Å². The van der Waals surface area contributed by atoms with Gasteiger partial charge in [-0.15, -0.1) is 11.8 Å². The van der Waals surface area contributed by atoms with Gasteiger partial charge in [0, 0.05) is 10.6 Å². The van der Waals surface area contributed by atoms with Crippen molar-refractivity contribution >= 4 is 23.4 Å². The molecule has 0 bridgehead atoms. The number of hydrogen-bond acceptors (Lipinski definition) is 3. The summed E-state index contributed by atoms with van der Waals surface area (Å²) in [5.74, 6) is 1.21. The van der Waals surface area contributed by atoms with E-state index < -0.39 is 0 Å². The molecule has 1 amide bonds. The van der Waals surface area contributed by atoms with Crippen molar-refractivity contribution in [1.29, 1.82) is 0 Å². The first-order valence-corrected chi connectivity index (χ1v) is 7.70. The minimum Gasteiger partial charge on any atom is -0.497 e. The summed E-state index contributed by atoms with van der Waals surface area (Å²) in [6.45, 7) is 4.05. The molecule has 4 heteroatoms. The molecular formula is C17H19NO2S. The standard InChI is InChI=1S/C17H19NO2S/c1-12-8-13(2)10-14(9-12)18-17(19)11-21-16-6-4-15(20-3)5-7-16/h4-10H,11H2,1-3H3,(H,18,19). The van der Waals surface area contributed by atoms with Gasteiger partial charge < -0.3 is 10.1 Å². The molecule has 0 heterocycles. The van der Waals surface area contributed by atoms with Gasteiger partial charge in [-0.2, -0.15) is 0 Å². The van der Waals surface area contributed by atoms with Gasteiger partial charge in [0.25, 0.3) is 0 Å². The summed E-state index contributed by atoms with van der Waals surface area (Å²) < 4.78 is 5.11. The molecule has 2 aromatic carbocycles. The van der Waals surface area contributed by atoms with Crippen LogP contribution in [-0.4, -0.2) is 18.8 Å². The van der Waals surface area contributed by atoms with E-state index in [1.165, 1.54) is 11.8 Å². The first-order valence-electron chi connectivity index (χ1n) is 6.72. The molecule has 21 heavy (non-hydrogen) atoms. The Labute approximate surface area is 129 Å². The van der Waals surface area contributed by atoms with Crippen LogP contribution in [0.1, 0.15) is 11.1 Å². The van der Waals surface area contributed by atoms with E-state index in [2.05, 4.69) is 11.4 Å². The van der Waals surface area contributed by atoms with Gasteiger partial charge in [-0.25, -0.2) is 0 Å². The molecule has 0 atom stereocenters. The first-order chi connectivity index (χ1) is 10.1. The Bertz CT molecular complexity index is 603. The molecule has 2 aromatic rings. The summed E-state index contributed by atoms with van der Waals surface area (Å²) >= 11 is 1.51. The maximum Gasteiger partial charge on any atom is 0.234 e. The Balaban J connectivity index is 1.89. The molecular weight excluding hydrogens is 282 g/mol. The maximum atomic E-state index is 12.0. The number of ether oxygens (including phenoxy) is 1. The van der Waals surface area contributed by atoms with E-state index in [-0.39, 0.29) is 5.91 Å². The van der Waals surface area contributed by atoms with Crippen LogP contribution in [0.2, 0.25) is 0 Å². The third-order valence-corrected chi connectivity index (χ3v) is 3.95.